The van der Waals surface area contributed by atoms with Crippen LogP contribution in [0.4, 0.5) is 5.82 Å². The molecule has 1 rings (SSSR count). The number of thioether (sulfide) groups is 1. The Morgan fingerprint density at radius 2 is 2.21 bits per heavy atom. The van der Waals surface area contributed by atoms with E-state index in [1.807, 2.05) is 20.8 Å². The molecule has 104 valence electrons. The lowest BCUT2D eigenvalue weighted by molar-refractivity contribution is -0.127. The predicted octanol–water partition coefficient (Wildman–Crippen LogP) is 1.88. The predicted molar refractivity (Wildman–Crippen MR) is 79.0 cm³/mol. The molecule has 0 saturated carbocycles. The number of carbonyl (C=O) groups excluding carboxylic acids is 1. The van der Waals surface area contributed by atoms with Crippen LogP contribution in [0.15, 0.2) is 23.4 Å². The van der Waals surface area contributed by atoms with Crippen LogP contribution < -0.4 is 5.73 Å². The zero-order valence-corrected chi connectivity index (χ0v) is 12.5. The van der Waals surface area contributed by atoms with Crippen molar-refractivity contribution in [2.75, 3.05) is 24.6 Å². The first-order chi connectivity index (χ1) is 8.92. The Hall–Kier alpha value is -1.56. The van der Waals surface area contributed by atoms with E-state index in [-0.39, 0.29) is 5.91 Å². The van der Waals surface area contributed by atoms with Gasteiger partial charge in [0.05, 0.1) is 5.75 Å². The SMILES string of the molecule is C=C(C)CN(CC)C(=O)CSc1nc(C)cc(N)n1. The molecule has 0 spiro atoms. The van der Waals surface area contributed by atoms with E-state index in [1.54, 1.807) is 11.0 Å². The first kappa shape index (κ1) is 15.5. The normalized spacial score (nSPS) is 10.3. The Bertz CT molecular complexity index is 455. The van der Waals surface area contributed by atoms with Gasteiger partial charge in [-0.3, -0.25) is 4.79 Å². The minimum Gasteiger partial charge on any atom is -0.384 e. The average molecular weight is 280 g/mol. The Labute approximate surface area is 118 Å². The lowest BCUT2D eigenvalue weighted by Crippen LogP contribution is -2.33. The van der Waals surface area contributed by atoms with E-state index < -0.39 is 0 Å². The topological polar surface area (TPSA) is 72.1 Å². The van der Waals surface area contributed by atoms with Crippen LogP contribution in [0.5, 0.6) is 0 Å². The fourth-order valence-electron chi connectivity index (χ4n) is 1.55. The highest BCUT2D eigenvalue weighted by molar-refractivity contribution is 7.99. The van der Waals surface area contributed by atoms with Crippen molar-refractivity contribution in [3.05, 3.63) is 23.9 Å². The molecule has 0 atom stereocenters. The van der Waals surface area contributed by atoms with Crippen LogP contribution in [-0.4, -0.2) is 39.6 Å². The van der Waals surface area contributed by atoms with Crippen LogP contribution in [-0.2, 0) is 4.79 Å². The Balaban J connectivity index is 2.59. The number of anilines is 1. The molecule has 0 aliphatic carbocycles. The number of carbonyl (C=O) groups is 1. The van der Waals surface area contributed by atoms with Crippen molar-refractivity contribution in [1.29, 1.82) is 0 Å². The molecule has 0 fully saturated rings. The zero-order chi connectivity index (χ0) is 14.4. The van der Waals surface area contributed by atoms with E-state index in [2.05, 4.69) is 16.5 Å². The number of hydrogen-bond acceptors (Lipinski definition) is 5. The van der Waals surface area contributed by atoms with Gasteiger partial charge in [-0.15, -0.1) is 0 Å². The van der Waals surface area contributed by atoms with Crippen molar-refractivity contribution in [3.8, 4) is 0 Å². The number of nitrogens with zero attached hydrogens (tertiary/aromatic N) is 3. The molecule has 0 unspecified atom stereocenters. The number of amides is 1. The summed E-state index contributed by atoms with van der Waals surface area (Å²) in [6.45, 7) is 10.8. The maximum absolute atomic E-state index is 12.0. The summed E-state index contributed by atoms with van der Waals surface area (Å²) in [7, 11) is 0. The Kier molecular flexibility index (Phi) is 5.82. The van der Waals surface area contributed by atoms with E-state index in [0.29, 0.717) is 29.8 Å². The minimum absolute atomic E-state index is 0.0548. The minimum atomic E-state index is 0.0548. The molecule has 1 heterocycles. The monoisotopic (exact) mass is 280 g/mol. The Morgan fingerprint density at radius 3 is 2.74 bits per heavy atom. The van der Waals surface area contributed by atoms with Crippen molar-refractivity contribution in [2.45, 2.75) is 25.9 Å². The molecule has 1 aromatic heterocycles. The van der Waals surface area contributed by atoms with Gasteiger partial charge in [0.1, 0.15) is 5.82 Å². The molecule has 1 amide bonds. The van der Waals surface area contributed by atoms with Gasteiger partial charge in [0, 0.05) is 24.8 Å². The van der Waals surface area contributed by atoms with Gasteiger partial charge in [-0.2, -0.15) is 0 Å². The smallest absolute Gasteiger partial charge is 0.233 e. The summed E-state index contributed by atoms with van der Waals surface area (Å²) in [4.78, 5) is 22.1. The molecule has 1 aromatic rings. The number of aryl methyl sites for hydroxylation is 1. The number of likely N-dealkylation sites (N-methyl/N-ethyl adjacent to an activating group) is 1. The van der Waals surface area contributed by atoms with E-state index in [9.17, 15) is 4.79 Å². The molecule has 0 aliphatic rings. The first-order valence-electron chi connectivity index (χ1n) is 6.08. The highest BCUT2D eigenvalue weighted by Crippen LogP contribution is 2.15. The number of nitrogens with two attached hydrogens (primary N) is 1. The highest BCUT2D eigenvalue weighted by Gasteiger charge is 2.13. The fourth-order valence-corrected chi connectivity index (χ4v) is 2.36. The number of hydrogen-bond donors (Lipinski definition) is 1. The molecule has 5 nitrogen and oxygen atoms in total. The van der Waals surface area contributed by atoms with E-state index in [1.165, 1.54) is 11.8 Å². The molecular formula is C13H20N4OS. The van der Waals surface area contributed by atoms with Crippen molar-refractivity contribution < 1.29 is 4.79 Å². The van der Waals surface area contributed by atoms with Gasteiger partial charge in [-0.1, -0.05) is 23.9 Å². The average Bonchev–Trinajstić information content (AvgIpc) is 2.31. The van der Waals surface area contributed by atoms with Crippen LogP contribution in [0.3, 0.4) is 0 Å². The van der Waals surface area contributed by atoms with Crippen LogP contribution >= 0.6 is 11.8 Å². The maximum atomic E-state index is 12.0. The van der Waals surface area contributed by atoms with Gasteiger partial charge in [0.25, 0.3) is 0 Å². The molecule has 0 aromatic carbocycles. The molecule has 0 saturated heterocycles. The lowest BCUT2D eigenvalue weighted by atomic mass is 10.3. The molecule has 0 radical (unpaired) electrons. The third-order valence-electron chi connectivity index (χ3n) is 2.37. The third kappa shape index (κ3) is 5.30. The number of rotatable bonds is 6. The molecule has 0 aliphatic heterocycles. The summed E-state index contributed by atoms with van der Waals surface area (Å²) in [6.07, 6.45) is 0. The van der Waals surface area contributed by atoms with Crippen LogP contribution in [0.2, 0.25) is 0 Å². The second-order valence-corrected chi connectivity index (χ2v) is 5.31. The molecule has 19 heavy (non-hydrogen) atoms. The van der Waals surface area contributed by atoms with Gasteiger partial charge in [-0.05, 0) is 20.8 Å². The highest BCUT2D eigenvalue weighted by atomic mass is 32.2. The second kappa shape index (κ2) is 7.13. The second-order valence-electron chi connectivity index (χ2n) is 4.37. The molecule has 2 N–H and O–H groups in total. The van der Waals surface area contributed by atoms with Crippen molar-refractivity contribution in [2.24, 2.45) is 0 Å². The van der Waals surface area contributed by atoms with E-state index in [4.69, 9.17) is 5.73 Å². The van der Waals surface area contributed by atoms with Gasteiger partial charge >= 0.3 is 0 Å². The van der Waals surface area contributed by atoms with Crippen LogP contribution in [0.1, 0.15) is 19.5 Å². The van der Waals surface area contributed by atoms with Crippen molar-refractivity contribution in [1.82, 2.24) is 14.9 Å². The summed E-state index contributed by atoms with van der Waals surface area (Å²) in [5.41, 5.74) is 7.42. The van der Waals surface area contributed by atoms with Crippen LogP contribution in [0, 0.1) is 6.92 Å². The fraction of sp³-hybridized carbons (Fsp3) is 0.462. The zero-order valence-electron chi connectivity index (χ0n) is 11.6. The van der Waals surface area contributed by atoms with Gasteiger partial charge in [0.15, 0.2) is 5.16 Å². The number of aromatic nitrogens is 2. The van der Waals surface area contributed by atoms with Gasteiger partial charge < -0.3 is 10.6 Å². The largest absolute Gasteiger partial charge is 0.384 e. The van der Waals surface area contributed by atoms with Crippen molar-refractivity contribution in [3.63, 3.8) is 0 Å². The summed E-state index contributed by atoms with van der Waals surface area (Å²) in [5, 5.41) is 0.539. The van der Waals surface area contributed by atoms with Crippen molar-refractivity contribution >= 4 is 23.5 Å². The Morgan fingerprint density at radius 1 is 1.53 bits per heavy atom. The standard InChI is InChI=1S/C13H20N4OS/c1-5-17(7-9(2)3)12(18)8-19-13-15-10(4)6-11(14)16-13/h6H,2,5,7-8H2,1,3-4H3,(H2,14,15,16). The third-order valence-corrected chi connectivity index (χ3v) is 3.21. The summed E-state index contributed by atoms with van der Waals surface area (Å²) < 4.78 is 0. The van der Waals surface area contributed by atoms with Gasteiger partial charge in [-0.25, -0.2) is 9.97 Å². The summed E-state index contributed by atoms with van der Waals surface area (Å²) >= 11 is 1.30. The maximum Gasteiger partial charge on any atom is 0.233 e. The summed E-state index contributed by atoms with van der Waals surface area (Å²) in [6, 6.07) is 1.70. The van der Waals surface area contributed by atoms with E-state index in [0.717, 1.165) is 11.3 Å². The summed E-state index contributed by atoms with van der Waals surface area (Å²) in [5.74, 6) is 0.792. The molecule has 0 bridgehead atoms. The van der Waals surface area contributed by atoms with Crippen LogP contribution in [0.25, 0.3) is 0 Å². The van der Waals surface area contributed by atoms with Gasteiger partial charge in [0.2, 0.25) is 5.91 Å². The quantitative estimate of drug-likeness (QED) is 0.489. The molecular weight excluding hydrogens is 260 g/mol. The van der Waals surface area contributed by atoms with E-state index >= 15 is 0 Å². The number of nitrogen functional groups attached to an aromatic ring is 1. The molecule has 6 heteroatoms. The lowest BCUT2D eigenvalue weighted by Gasteiger charge is -2.20. The first-order valence-corrected chi connectivity index (χ1v) is 7.07.